The van der Waals surface area contributed by atoms with Crippen molar-refractivity contribution in [3.05, 3.63) is 47.8 Å². The van der Waals surface area contributed by atoms with E-state index in [1.165, 1.54) is 7.11 Å². The number of rotatable bonds is 3. The molecule has 1 saturated carbocycles. The number of methoxy groups -OCH3 is 1. The summed E-state index contributed by atoms with van der Waals surface area (Å²) in [6.07, 6.45) is 3.86. The molecule has 0 bridgehead atoms. The fourth-order valence-electron chi connectivity index (χ4n) is 2.95. The third-order valence-electron chi connectivity index (χ3n) is 4.23. The van der Waals surface area contributed by atoms with Crippen LogP contribution in [0.15, 0.2) is 36.5 Å². The van der Waals surface area contributed by atoms with Crippen molar-refractivity contribution in [3.8, 4) is 17.3 Å². The van der Waals surface area contributed by atoms with Gasteiger partial charge in [-0.1, -0.05) is 6.07 Å². The number of fused-ring (bicyclic) bond motifs is 1. The minimum absolute atomic E-state index is 0.181. The molecule has 0 amide bonds. The number of hydrogen-bond donors (Lipinski definition) is 0. The Kier molecular flexibility index (Phi) is 3.28. The van der Waals surface area contributed by atoms with Crippen LogP contribution in [0.5, 0.6) is 0 Å². The average molecular weight is 318 g/mol. The van der Waals surface area contributed by atoms with Gasteiger partial charge in [-0.2, -0.15) is 10.4 Å². The molecule has 1 aliphatic carbocycles. The fourth-order valence-corrected chi connectivity index (χ4v) is 2.95. The summed E-state index contributed by atoms with van der Waals surface area (Å²) in [4.78, 5) is 11.7. The SMILES string of the molecule is COC(=O)c1cc(-c2cc3ccc(C#N)cc3n2C2CC2)cnn1. The average Bonchev–Trinajstić information content (AvgIpc) is 3.40. The van der Waals surface area contributed by atoms with Gasteiger partial charge in [0.05, 0.1) is 36.1 Å². The molecular weight excluding hydrogens is 304 g/mol. The van der Waals surface area contributed by atoms with E-state index < -0.39 is 5.97 Å². The first-order chi connectivity index (χ1) is 11.7. The van der Waals surface area contributed by atoms with E-state index in [-0.39, 0.29) is 5.69 Å². The summed E-state index contributed by atoms with van der Waals surface area (Å²) in [5, 5.41) is 18.0. The maximum Gasteiger partial charge on any atom is 0.358 e. The van der Waals surface area contributed by atoms with Crippen LogP contribution in [0.2, 0.25) is 0 Å². The van der Waals surface area contributed by atoms with Crippen LogP contribution in [0.3, 0.4) is 0 Å². The Labute approximate surface area is 138 Å². The number of carbonyl (C=O) groups is 1. The van der Waals surface area contributed by atoms with E-state index in [0.29, 0.717) is 11.6 Å². The van der Waals surface area contributed by atoms with Gasteiger partial charge in [-0.15, -0.1) is 5.10 Å². The minimum Gasteiger partial charge on any atom is -0.464 e. The molecule has 0 atom stereocenters. The number of esters is 1. The Balaban J connectivity index is 1.92. The third kappa shape index (κ3) is 2.31. The lowest BCUT2D eigenvalue weighted by molar-refractivity contribution is 0.0592. The first-order valence-corrected chi connectivity index (χ1v) is 7.68. The van der Waals surface area contributed by atoms with Gasteiger partial charge in [-0.25, -0.2) is 4.79 Å². The number of aromatic nitrogens is 3. The van der Waals surface area contributed by atoms with Gasteiger partial charge in [0.1, 0.15) is 0 Å². The van der Waals surface area contributed by atoms with Crippen molar-refractivity contribution in [1.82, 2.24) is 14.8 Å². The molecule has 2 heterocycles. The third-order valence-corrected chi connectivity index (χ3v) is 4.23. The Morgan fingerprint density at radius 3 is 2.88 bits per heavy atom. The van der Waals surface area contributed by atoms with Gasteiger partial charge in [-0.3, -0.25) is 0 Å². The van der Waals surface area contributed by atoms with E-state index >= 15 is 0 Å². The zero-order valence-corrected chi connectivity index (χ0v) is 13.1. The molecule has 0 radical (unpaired) electrons. The number of nitriles is 1. The van der Waals surface area contributed by atoms with E-state index in [2.05, 4.69) is 26.9 Å². The maximum absolute atomic E-state index is 11.7. The van der Waals surface area contributed by atoms with Gasteiger partial charge in [0.2, 0.25) is 0 Å². The first kappa shape index (κ1) is 14.4. The second kappa shape index (κ2) is 5.46. The van der Waals surface area contributed by atoms with E-state index in [9.17, 15) is 4.79 Å². The Morgan fingerprint density at radius 1 is 1.33 bits per heavy atom. The summed E-state index contributed by atoms with van der Waals surface area (Å²) in [6, 6.07) is 12.0. The van der Waals surface area contributed by atoms with Crippen LogP contribution in [0.25, 0.3) is 22.2 Å². The maximum atomic E-state index is 11.7. The Bertz CT molecular complexity index is 996. The summed E-state index contributed by atoms with van der Waals surface area (Å²) in [5.41, 5.74) is 3.63. The van der Waals surface area contributed by atoms with Crippen LogP contribution in [0, 0.1) is 11.3 Å². The molecule has 3 aromatic rings. The molecule has 1 aromatic carbocycles. The summed E-state index contributed by atoms with van der Waals surface area (Å²) in [6.45, 7) is 0. The zero-order valence-electron chi connectivity index (χ0n) is 13.1. The second-order valence-electron chi connectivity index (χ2n) is 5.84. The highest BCUT2D eigenvalue weighted by Crippen LogP contribution is 2.42. The zero-order chi connectivity index (χ0) is 16.7. The van der Waals surface area contributed by atoms with E-state index in [4.69, 9.17) is 10.00 Å². The minimum atomic E-state index is -0.509. The summed E-state index contributed by atoms with van der Waals surface area (Å²) < 4.78 is 6.95. The van der Waals surface area contributed by atoms with Crippen LogP contribution in [0.4, 0.5) is 0 Å². The summed E-state index contributed by atoms with van der Waals surface area (Å²) in [5.74, 6) is -0.509. The van der Waals surface area contributed by atoms with Crippen molar-refractivity contribution in [1.29, 1.82) is 5.26 Å². The van der Waals surface area contributed by atoms with Crippen molar-refractivity contribution in [2.45, 2.75) is 18.9 Å². The monoisotopic (exact) mass is 318 g/mol. The van der Waals surface area contributed by atoms with E-state index in [1.807, 2.05) is 18.2 Å². The smallest absolute Gasteiger partial charge is 0.358 e. The molecule has 1 fully saturated rings. The highest BCUT2D eigenvalue weighted by Gasteiger charge is 2.28. The van der Waals surface area contributed by atoms with Gasteiger partial charge in [0.15, 0.2) is 5.69 Å². The van der Waals surface area contributed by atoms with Crippen LogP contribution in [0.1, 0.15) is 34.9 Å². The molecule has 6 heteroatoms. The van der Waals surface area contributed by atoms with Gasteiger partial charge < -0.3 is 9.30 Å². The molecule has 1 aliphatic rings. The summed E-state index contributed by atoms with van der Waals surface area (Å²) >= 11 is 0. The normalized spacial score (nSPS) is 13.7. The molecular formula is C18H14N4O2. The highest BCUT2D eigenvalue weighted by atomic mass is 16.5. The fraction of sp³-hybridized carbons (Fsp3) is 0.222. The van der Waals surface area contributed by atoms with Crippen LogP contribution >= 0.6 is 0 Å². The van der Waals surface area contributed by atoms with Gasteiger partial charge >= 0.3 is 5.97 Å². The molecule has 6 nitrogen and oxygen atoms in total. The molecule has 4 rings (SSSR count). The van der Waals surface area contributed by atoms with E-state index in [0.717, 1.165) is 35.0 Å². The predicted molar refractivity (Wildman–Crippen MR) is 87.3 cm³/mol. The van der Waals surface area contributed by atoms with Crippen LogP contribution < -0.4 is 0 Å². The lowest BCUT2D eigenvalue weighted by atomic mass is 10.1. The predicted octanol–water partition coefficient (Wildman–Crippen LogP) is 3.09. The molecule has 0 spiro atoms. The standard InChI is InChI=1S/C18H14N4O2/c1-24-18(23)15-7-13(10-20-21-15)17-8-12-3-2-11(9-19)6-16(12)22(17)14-4-5-14/h2-3,6-8,10,14H,4-5H2,1H3. The number of carbonyl (C=O) groups excluding carboxylic acids is 1. The molecule has 0 saturated heterocycles. The largest absolute Gasteiger partial charge is 0.464 e. The van der Waals surface area contributed by atoms with Crippen LogP contribution in [-0.2, 0) is 4.74 Å². The highest BCUT2D eigenvalue weighted by molar-refractivity contribution is 5.91. The quantitative estimate of drug-likeness (QED) is 0.693. The van der Waals surface area contributed by atoms with Gasteiger partial charge in [0, 0.05) is 17.0 Å². The topological polar surface area (TPSA) is 80.8 Å². The number of nitrogens with zero attached hydrogens (tertiary/aromatic N) is 4. The van der Waals surface area contributed by atoms with Crippen molar-refractivity contribution in [2.75, 3.05) is 7.11 Å². The van der Waals surface area contributed by atoms with Crippen molar-refractivity contribution >= 4 is 16.9 Å². The Morgan fingerprint density at radius 2 is 2.17 bits per heavy atom. The lowest BCUT2D eigenvalue weighted by Crippen LogP contribution is -2.06. The molecule has 2 aromatic heterocycles. The molecule has 0 N–H and O–H groups in total. The number of benzene rings is 1. The van der Waals surface area contributed by atoms with E-state index in [1.54, 1.807) is 12.3 Å². The van der Waals surface area contributed by atoms with Gasteiger partial charge in [-0.05, 0) is 37.1 Å². The summed E-state index contributed by atoms with van der Waals surface area (Å²) in [7, 11) is 1.32. The molecule has 0 unspecified atom stereocenters. The van der Waals surface area contributed by atoms with Crippen molar-refractivity contribution in [2.24, 2.45) is 0 Å². The molecule has 118 valence electrons. The van der Waals surface area contributed by atoms with Gasteiger partial charge in [0.25, 0.3) is 0 Å². The lowest BCUT2D eigenvalue weighted by Gasteiger charge is -2.10. The number of hydrogen-bond acceptors (Lipinski definition) is 5. The number of ether oxygens (including phenoxy) is 1. The molecule has 24 heavy (non-hydrogen) atoms. The van der Waals surface area contributed by atoms with Crippen LogP contribution in [-0.4, -0.2) is 27.8 Å². The van der Waals surface area contributed by atoms with Crippen molar-refractivity contribution < 1.29 is 9.53 Å². The second-order valence-corrected chi connectivity index (χ2v) is 5.84. The first-order valence-electron chi connectivity index (χ1n) is 7.68. The van der Waals surface area contributed by atoms with Crippen molar-refractivity contribution in [3.63, 3.8) is 0 Å². The molecule has 0 aliphatic heterocycles. The Hall–Kier alpha value is -3.20.